The van der Waals surface area contributed by atoms with E-state index in [-0.39, 0.29) is 11.6 Å². The molecule has 0 radical (unpaired) electrons. The van der Waals surface area contributed by atoms with Crippen LogP contribution in [0.4, 0.5) is 5.69 Å². The van der Waals surface area contributed by atoms with Gasteiger partial charge in [-0.25, -0.2) is 0 Å². The van der Waals surface area contributed by atoms with Crippen molar-refractivity contribution in [3.63, 3.8) is 0 Å². The lowest BCUT2D eigenvalue weighted by molar-refractivity contribution is -0.384. The number of fused-ring (bicyclic) bond motifs is 2. The molecular formula is C23H15NO4. The molecule has 0 aliphatic heterocycles. The van der Waals surface area contributed by atoms with Crippen LogP contribution in [-0.4, -0.2) is 4.92 Å². The minimum absolute atomic E-state index is 0.0368. The molecule has 0 aliphatic rings. The first kappa shape index (κ1) is 16.3. The highest BCUT2D eigenvalue weighted by Crippen LogP contribution is 2.38. The van der Waals surface area contributed by atoms with Gasteiger partial charge in [0.2, 0.25) is 0 Å². The van der Waals surface area contributed by atoms with Gasteiger partial charge in [-0.3, -0.25) is 10.1 Å². The average molecular weight is 369 g/mol. The van der Waals surface area contributed by atoms with Gasteiger partial charge in [0.1, 0.15) is 28.6 Å². The van der Waals surface area contributed by atoms with Crippen LogP contribution in [-0.2, 0) is 0 Å². The van der Waals surface area contributed by atoms with Crippen LogP contribution < -0.4 is 0 Å². The van der Waals surface area contributed by atoms with Gasteiger partial charge in [0.05, 0.1) is 4.92 Å². The maximum absolute atomic E-state index is 11.3. The molecule has 0 aliphatic carbocycles. The zero-order chi connectivity index (χ0) is 19.1. The largest absolute Gasteiger partial charge is 0.460 e. The summed E-state index contributed by atoms with van der Waals surface area (Å²) in [6.07, 6.45) is 0. The Hall–Kier alpha value is -3.86. The Labute approximate surface area is 160 Å². The van der Waals surface area contributed by atoms with Crippen LogP contribution in [0.3, 0.4) is 0 Å². The number of hydrogen-bond donors (Lipinski definition) is 0. The van der Waals surface area contributed by atoms with Gasteiger partial charge in [-0.15, -0.1) is 0 Å². The second kappa shape index (κ2) is 6.39. The zero-order valence-corrected chi connectivity index (χ0v) is 14.7. The van der Waals surface area contributed by atoms with Crippen LogP contribution in [0, 0.1) is 10.1 Å². The molecule has 2 heterocycles. The summed E-state index contributed by atoms with van der Waals surface area (Å²) in [6, 6.07) is 26.0. The van der Waals surface area contributed by atoms with E-state index in [1.54, 1.807) is 12.1 Å². The van der Waals surface area contributed by atoms with E-state index in [0.717, 1.165) is 27.5 Å². The lowest BCUT2D eigenvalue weighted by Gasteiger charge is -2.12. The van der Waals surface area contributed by atoms with E-state index >= 15 is 0 Å². The first-order chi connectivity index (χ1) is 13.7. The molecule has 0 N–H and O–H groups in total. The standard InChI is InChI=1S/C23H15NO4/c25-24(26)18-9-5-8-17(12-18)23(21-13-15-6-1-3-10-19(15)27-21)22-14-16-7-2-4-11-20(16)28-22/h1-14,23H. The van der Waals surface area contributed by atoms with Crippen molar-refractivity contribution in [2.45, 2.75) is 5.92 Å². The van der Waals surface area contributed by atoms with Gasteiger partial charge in [-0.2, -0.15) is 0 Å². The molecule has 0 bridgehead atoms. The van der Waals surface area contributed by atoms with Crippen molar-refractivity contribution in [3.05, 3.63) is 112 Å². The summed E-state index contributed by atoms with van der Waals surface area (Å²) in [5.41, 5.74) is 2.31. The van der Waals surface area contributed by atoms with Crippen molar-refractivity contribution in [2.75, 3.05) is 0 Å². The van der Waals surface area contributed by atoms with Gasteiger partial charge in [0.25, 0.3) is 5.69 Å². The molecule has 136 valence electrons. The van der Waals surface area contributed by atoms with Crippen LogP contribution >= 0.6 is 0 Å². The fourth-order valence-electron chi connectivity index (χ4n) is 3.58. The molecular weight excluding hydrogens is 354 g/mol. The number of para-hydroxylation sites is 2. The molecule has 5 nitrogen and oxygen atoms in total. The summed E-state index contributed by atoms with van der Waals surface area (Å²) in [5.74, 6) is 0.973. The van der Waals surface area contributed by atoms with E-state index in [4.69, 9.17) is 8.83 Å². The summed E-state index contributed by atoms with van der Waals surface area (Å²) in [5, 5.41) is 13.2. The quantitative estimate of drug-likeness (QED) is 0.277. The van der Waals surface area contributed by atoms with Crippen LogP contribution in [0.25, 0.3) is 21.9 Å². The summed E-state index contributed by atoms with van der Waals surface area (Å²) in [6.45, 7) is 0. The van der Waals surface area contributed by atoms with Gasteiger partial charge >= 0.3 is 0 Å². The van der Waals surface area contributed by atoms with E-state index in [0.29, 0.717) is 11.5 Å². The molecule has 0 atom stereocenters. The number of furan rings is 2. The molecule has 28 heavy (non-hydrogen) atoms. The van der Waals surface area contributed by atoms with Gasteiger partial charge in [0.15, 0.2) is 0 Å². The Bertz CT molecular complexity index is 1170. The van der Waals surface area contributed by atoms with E-state index in [1.165, 1.54) is 6.07 Å². The summed E-state index contributed by atoms with van der Waals surface area (Å²) < 4.78 is 12.2. The Morgan fingerprint density at radius 1 is 0.714 bits per heavy atom. The molecule has 5 heteroatoms. The smallest absolute Gasteiger partial charge is 0.269 e. The third-order valence-electron chi connectivity index (χ3n) is 4.87. The van der Waals surface area contributed by atoms with Gasteiger partial charge in [-0.1, -0.05) is 48.5 Å². The van der Waals surface area contributed by atoms with E-state index in [2.05, 4.69) is 0 Å². The van der Waals surface area contributed by atoms with Crippen molar-refractivity contribution >= 4 is 27.6 Å². The second-order valence-electron chi connectivity index (χ2n) is 6.66. The Kier molecular flexibility index (Phi) is 3.72. The van der Waals surface area contributed by atoms with Crippen molar-refractivity contribution in [1.82, 2.24) is 0 Å². The third-order valence-corrected chi connectivity index (χ3v) is 4.87. The van der Waals surface area contributed by atoms with Gasteiger partial charge in [0, 0.05) is 22.9 Å². The average Bonchev–Trinajstić information content (AvgIpc) is 3.32. The Morgan fingerprint density at radius 2 is 1.29 bits per heavy atom. The fourth-order valence-corrected chi connectivity index (χ4v) is 3.58. The van der Waals surface area contributed by atoms with Crippen molar-refractivity contribution in [2.24, 2.45) is 0 Å². The number of nitro benzene ring substituents is 1. The molecule has 5 rings (SSSR count). The van der Waals surface area contributed by atoms with E-state index in [1.807, 2.05) is 66.7 Å². The monoisotopic (exact) mass is 369 g/mol. The van der Waals surface area contributed by atoms with Crippen LogP contribution in [0.2, 0.25) is 0 Å². The highest BCUT2D eigenvalue weighted by Gasteiger charge is 2.26. The Morgan fingerprint density at radius 3 is 1.82 bits per heavy atom. The number of benzene rings is 3. The number of non-ortho nitro benzene ring substituents is 1. The normalized spacial score (nSPS) is 11.5. The lowest BCUT2D eigenvalue weighted by Crippen LogP contribution is -2.02. The topological polar surface area (TPSA) is 69.4 Å². The molecule has 5 aromatic rings. The van der Waals surface area contributed by atoms with Crippen molar-refractivity contribution in [1.29, 1.82) is 0 Å². The van der Waals surface area contributed by atoms with Crippen molar-refractivity contribution in [3.8, 4) is 0 Å². The minimum atomic E-state index is -0.391. The number of hydrogen-bond acceptors (Lipinski definition) is 4. The number of rotatable bonds is 4. The summed E-state index contributed by atoms with van der Waals surface area (Å²) in [4.78, 5) is 10.9. The molecule has 2 aromatic heterocycles. The predicted octanol–water partition coefficient (Wildman–Crippen LogP) is 6.27. The lowest BCUT2D eigenvalue weighted by atomic mass is 9.93. The van der Waals surface area contributed by atoms with Gasteiger partial charge in [-0.05, 0) is 29.8 Å². The highest BCUT2D eigenvalue weighted by atomic mass is 16.6. The number of nitrogens with zero attached hydrogens (tertiary/aromatic N) is 1. The number of nitro groups is 1. The highest BCUT2D eigenvalue weighted by molar-refractivity contribution is 5.80. The van der Waals surface area contributed by atoms with Crippen LogP contribution in [0.1, 0.15) is 23.0 Å². The molecule has 0 saturated carbocycles. The third kappa shape index (κ3) is 2.74. The summed E-state index contributed by atoms with van der Waals surface area (Å²) in [7, 11) is 0. The SMILES string of the molecule is O=[N+]([O-])c1cccc(C(c2cc3ccccc3o2)c2cc3ccccc3o2)c1. The van der Waals surface area contributed by atoms with E-state index < -0.39 is 4.92 Å². The summed E-state index contributed by atoms with van der Waals surface area (Å²) >= 11 is 0. The molecule has 0 fully saturated rings. The molecule has 0 unspecified atom stereocenters. The molecule has 0 amide bonds. The maximum atomic E-state index is 11.3. The van der Waals surface area contributed by atoms with Crippen LogP contribution in [0.5, 0.6) is 0 Å². The predicted molar refractivity (Wildman–Crippen MR) is 106 cm³/mol. The Balaban J connectivity index is 1.73. The second-order valence-corrected chi connectivity index (χ2v) is 6.66. The minimum Gasteiger partial charge on any atom is -0.460 e. The first-order valence-corrected chi connectivity index (χ1v) is 8.90. The first-order valence-electron chi connectivity index (χ1n) is 8.90. The van der Waals surface area contributed by atoms with Gasteiger partial charge < -0.3 is 8.83 Å². The molecule has 3 aromatic carbocycles. The van der Waals surface area contributed by atoms with E-state index in [9.17, 15) is 10.1 Å². The van der Waals surface area contributed by atoms with Crippen molar-refractivity contribution < 1.29 is 13.8 Å². The maximum Gasteiger partial charge on any atom is 0.269 e. The van der Waals surface area contributed by atoms with Crippen LogP contribution in [0.15, 0.2) is 93.8 Å². The fraction of sp³-hybridized carbons (Fsp3) is 0.0435. The molecule has 0 saturated heterocycles. The molecule has 0 spiro atoms. The zero-order valence-electron chi connectivity index (χ0n) is 14.7.